The summed E-state index contributed by atoms with van der Waals surface area (Å²) >= 11 is 5.53. The molecule has 0 bridgehead atoms. The highest BCUT2D eigenvalue weighted by molar-refractivity contribution is 14.1. The Morgan fingerprint density at radius 3 is 1.51 bits per heavy atom. The lowest BCUT2D eigenvalue weighted by Crippen LogP contribution is -2.37. The molecule has 0 aliphatic heterocycles. The van der Waals surface area contributed by atoms with Crippen LogP contribution in [0.25, 0.3) is 0 Å². The number of hydrogen-bond acceptors (Lipinski definition) is 10. The average molecular weight is 865 g/mol. The Bertz CT molecular complexity index is 892. The number of hydrogen-bond donors (Lipinski definition) is 9. The number of amides is 3. The van der Waals surface area contributed by atoms with Gasteiger partial charge in [0.05, 0.1) is 61.6 Å². The van der Waals surface area contributed by atoms with Gasteiger partial charge in [0.1, 0.15) is 6.61 Å². The van der Waals surface area contributed by atoms with Crippen molar-refractivity contribution in [3.63, 3.8) is 0 Å². The van der Waals surface area contributed by atoms with Crippen LogP contribution in [0, 0.1) is 10.7 Å². The number of aliphatic hydroxyl groups excluding tert-OH is 6. The van der Waals surface area contributed by atoms with Gasteiger partial charge in [-0.25, -0.2) is 0 Å². The molecule has 0 fully saturated rings. The summed E-state index contributed by atoms with van der Waals surface area (Å²) in [6.07, 6.45) is -4.95. The number of nitrogens with one attached hydrogen (secondary N) is 3. The number of rotatable bonds is 15. The van der Waals surface area contributed by atoms with Gasteiger partial charge in [0.15, 0.2) is 0 Å². The fourth-order valence-electron chi connectivity index (χ4n) is 3.02. The van der Waals surface area contributed by atoms with Crippen LogP contribution >= 0.6 is 67.8 Å². The van der Waals surface area contributed by atoms with Crippen LogP contribution in [-0.2, 0) is 9.53 Å². The molecule has 1 aromatic carbocycles. The van der Waals surface area contributed by atoms with Crippen LogP contribution in [0.15, 0.2) is 0 Å². The molecule has 9 N–H and O–H groups in total. The molecule has 0 spiro atoms. The lowest BCUT2D eigenvalue weighted by atomic mass is 10.1. The van der Waals surface area contributed by atoms with Crippen LogP contribution < -0.4 is 16.0 Å². The van der Waals surface area contributed by atoms with Gasteiger partial charge in [-0.2, -0.15) is 0 Å². The van der Waals surface area contributed by atoms with Gasteiger partial charge in [0.25, 0.3) is 11.8 Å². The minimum absolute atomic E-state index is 0.0469. The summed E-state index contributed by atoms with van der Waals surface area (Å²) in [6, 6.07) is 0. The molecule has 16 heteroatoms. The summed E-state index contributed by atoms with van der Waals surface area (Å²) in [7, 11) is 1.33. The van der Waals surface area contributed by atoms with Crippen molar-refractivity contribution in [1.82, 2.24) is 10.6 Å². The topological polar surface area (TPSA) is 218 Å². The second-order valence-corrected chi connectivity index (χ2v) is 11.2. The second-order valence-electron chi connectivity index (χ2n) is 7.92. The predicted molar refractivity (Wildman–Crippen MR) is 157 cm³/mol. The number of anilines is 1. The zero-order chi connectivity index (χ0) is 28.3. The van der Waals surface area contributed by atoms with E-state index < -0.39 is 55.4 Å². The molecule has 1 aromatic rings. The Labute approximate surface area is 254 Å². The Kier molecular flexibility index (Phi) is 16.1. The minimum atomic E-state index is -1.16. The van der Waals surface area contributed by atoms with Gasteiger partial charge in [-0.1, -0.05) is 0 Å². The Morgan fingerprint density at radius 2 is 1.16 bits per heavy atom. The van der Waals surface area contributed by atoms with E-state index in [-0.39, 0.29) is 52.9 Å². The fourth-order valence-corrected chi connectivity index (χ4v) is 7.44. The maximum atomic E-state index is 13.1. The van der Waals surface area contributed by atoms with Gasteiger partial charge in [-0.3, -0.25) is 14.4 Å². The highest BCUT2D eigenvalue weighted by atomic mass is 127. The molecule has 37 heavy (non-hydrogen) atoms. The van der Waals surface area contributed by atoms with E-state index in [1.54, 1.807) is 0 Å². The summed E-state index contributed by atoms with van der Waals surface area (Å²) in [5.41, 5.74) is 0.280. The van der Waals surface area contributed by atoms with E-state index in [1.807, 2.05) is 67.8 Å². The van der Waals surface area contributed by atoms with Crippen molar-refractivity contribution >= 4 is 91.2 Å². The second kappa shape index (κ2) is 17.3. The lowest BCUT2D eigenvalue weighted by molar-refractivity contribution is -0.119. The van der Waals surface area contributed by atoms with Crippen LogP contribution in [-0.4, -0.2) is 113 Å². The van der Waals surface area contributed by atoms with E-state index in [0.29, 0.717) is 7.14 Å². The molecule has 1 rings (SSSR count). The number of methoxy groups -OCH3 is 1. The molecule has 0 radical (unpaired) electrons. The standard InChI is InChI=1S/C21H30I3N3O10/c1-37-8-13(34)27-19-17(23)14(20(35)25-4-9(30)2-11(32)6-28)16(22)15(18(19)24)21(36)26-5-10(31)3-12(33)7-29/h9-12,28-33H,2-8H2,1H3,(H,25,35)(H,26,36)(H,27,34). The van der Waals surface area contributed by atoms with Crippen molar-refractivity contribution in [3.05, 3.63) is 21.8 Å². The number of halogens is 3. The molecule has 0 aromatic heterocycles. The van der Waals surface area contributed by atoms with E-state index in [0.717, 1.165) is 0 Å². The van der Waals surface area contributed by atoms with Gasteiger partial charge in [0, 0.05) is 36.6 Å². The number of benzene rings is 1. The van der Waals surface area contributed by atoms with E-state index in [2.05, 4.69) is 16.0 Å². The number of carbonyl (C=O) groups excluding carboxylic acids is 3. The summed E-state index contributed by atoms with van der Waals surface area (Å²) in [5.74, 6) is -1.85. The molecular weight excluding hydrogens is 835 g/mol. The van der Waals surface area contributed by atoms with Crippen molar-refractivity contribution in [3.8, 4) is 0 Å². The third-order valence-corrected chi connectivity index (χ3v) is 8.05. The van der Waals surface area contributed by atoms with Gasteiger partial charge in [-0.05, 0) is 67.8 Å². The van der Waals surface area contributed by atoms with Crippen molar-refractivity contribution in [2.75, 3.05) is 45.3 Å². The first-order chi connectivity index (χ1) is 17.4. The van der Waals surface area contributed by atoms with E-state index in [4.69, 9.17) is 14.9 Å². The highest BCUT2D eigenvalue weighted by Gasteiger charge is 2.29. The summed E-state index contributed by atoms with van der Waals surface area (Å²) < 4.78 is 5.71. The number of ether oxygens (including phenoxy) is 1. The van der Waals surface area contributed by atoms with Crippen molar-refractivity contribution < 1.29 is 49.8 Å². The smallest absolute Gasteiger partial charge is 0.253 e. The maximum Gasteiger partial charge on any atom is 0.253 e. The largest absolute Gasteiger partial charge is 0.394 e. The normalized spacial score (nSPS) is 14.4. The molecule has 0 saturated heterocycles. The first kappa shape index (κ1) is 34.6. The third-order valence-electron chi connectivity index (χ3n) is 4.82. The molecule has 0 saturated carbocycles. The monoisotopic (exact) mass is 865 g/mol. The quantitative estimate of drug-likeness (QED) is 0.0956. The minimum Gasteiger partial charge on any atom is -0.394 e. The lowest BCUT2D eigenvalue weighted by Gasteiger charge is -2.21. The van der Waals surface area contributed by atoms with Crippen molar-refractivity contribution in [2.45, 2.75) is 37.3 Å². The zero-order valence-electron chi connectivity index (χ0n) is 19.7. The van der Waals surface area contributed by atoms with Crippen molar-refractivity contribution in [2.24, 2.45) is 0 Å². The van der Waals surface area contributed by atoms with Crippen LogP contribution in [0.2, 0.25) is 0 Å². The van der Waals surface area contributed by atoms with E-state index >= 15 is 0 Å². The first-order valence-corrected chi connectivity index (χ1v) is 14.1. The zero-order valence-corrected chi connectivity index (χ0v) is 26.2. The summed E-state index contributed by atoms with van der Waals surface area (Å²) in [6.45, 7) is -1.87. The van der Waals surface area contributed by atoms with Crippen LogP contribution in [0.5, 0.6) is 0 Å². The Hall–Kier alpha value is -0.460. The first-order valence-electron chi connectivity index (χ1n) is 10.9. The molecule has 0 aliphatic carbocycles. The van der Waals surface area contributed by atoms with Crippen LogP contribution in [0.3, 0.4) is 0 Å². The van der Waals surface area contributed by atoms with E-state index in [9.17, 15) is 34.8 Å². The Balaban J connectivity index is 3.34. The van der Waals surface area contributed by atoms with Gasteiger partial charge >= 0.3 is 0 Å². The van der Waals surface area contributed by atoms with E-state index in [1.165, 1.54) is 7.11 Å². The molecule has 13 nitrogen and oxygen atoms in total. The van der Waals surface area contributed by atoms with Crippen LogP contribution in [0.1, 0.15) is 33.6 Å². The molecule has 4 unspecified atom stereocenters. The van der Waals surface area contributed by atoms with Gasteiger partial charge in [-0.15, -0.1) is 0 Å². The number of carbonyl (C=O) groups is 3. The fraction of sp³-hybridized carbons (Fsp3) is 0.571. The Morgan fingerprint density at radius 1 is 0.757 bits per heavy atom. The van der Waals surface area contributed by atoms with Crippen molar-refractivity contribution in [1.29, 1.82) is 0 Å². The van der Waals surface area contributed by atoms with Gasteiger partial charge < -0.3 is 51.3 Å². The molecule has 0 aliphatic rings. The summed E-state index contributed by atoms with van der Waals surface area (Å²) in [4.78, 5) is 38.5. The highest BCUT2D eigenvalue weighted by Crippen LogP contribution is 2.35. The molecule has 0 heterocycles. The third kappa shape index (κ3) is 10.9. The van der Waals surface area contributed by atoms with Crippen LogP contribution in [0.4, 0.5) is 5.69 Å². The SMILES string of the molecule is COCC(=O)Nc1c(I)c(C(=O)NCC(O)CC(O)CO)c(I)c(C(=O)NCC(O)CC(O)CO)c1I. The number of aliphatic hydroxyl groups is 6. The average Bonchev–Trinajstić information content (AvgIpc) is 2.84. The molecular formula is C21H30I3N3O10. The van der Waals surface area contributed by atoms with Gasteiger partial charge in [0.2, 0.25) is 5.91 Å². The maximum absolute atomic E-state index is 13.1. The molecule has 210 valence electrons. The molecule has 4 atom stereocenters. The summed E-state index contributed by atoms with van der Waals surface area (Å²) in [5, 5.41) is 64.5. The molecule has 3 amide bonds. The predicted octanol–water partition coefficient (Wildman–Crippen LogP) is -1.25.